The Morgan fingerprint density at radius 1 is 0.939 bits per heavy atom. The molecular weight excluding hydrogens is 442 g/mol. The summed E-state index contributed by atoms with van der Waals surface area (Å²) < 4.78 is 31.6. The van der Waals surface area contributed by atoms with Crippen molar-refractivity contribution in [3.8, 4) is 0 Å². The number of carbonyl (C=O) groups is 2. The number of aryl methyl sites for hydroxylation is 1. The minimum atomic E-state index is -3.53. The van der Waals surface area contributed by atoms with Gasteiger partial charge in [-0.3, -0.25) is 19.1 Å². The number of carbonyl (C=O) groups excluding carboxylic acids is 2. The highest BCUT2D eigenvalue weighted by atomic mass is 32.2. The molecule has 6 rings (SSSR count). The van der Waals surface area contributed by atoms with Crippen LogP contribution >= 0.6 is 0 Å². The van der Waals surface area contributed by atoms with Crippen LogP contribution in [0.15, 0.2) is 54.6 Å². The highest BCUT2D eigenvalue weighted by Gasteiger charge is 2.35. The summed E-state index contributed by atoms with van der Waals surface area (Å²) in [5.41, 5.74) is 4.09. The van der Waals surface area contributed by atoms with Crippen molar-refractivity contribution < 1.29 is 22.2 Å². The van der Waals surface area contributed by atoms with E-state index >= 15 is 0 Å². The maximum absolute atomic E-state index is 13.0. The van der Waals surface area contributed by atoms with Crippen molar-refractivity contribution in [2.24, 2.45) is 0 Å². The van der Waals surface area contributed by atoms with Crippen LogP contribution in [0.3, 0.4) is 0 Å². The van der Waals surface area contributed by atoms with Gasteiger partial charge in [-0.2, -0.15) is 8.42 Å². The lowest BCUT2D eigenvalue weighted by Gasteiger charge is -2.11. The first kappa shape index (κ1) is 20.0. The molecule has 0 spiro atoms. The van der Waals surface area contributed by atoms with E-state index in [1.54, 1.807) is 0 Å². The van der Waals surface area contributed by atoms with E-state index < -0.39 is 21.9 Å². The second-order valence-corrected chi connectivity index (χ2v) is 9.85. The van der Waals surface area contributed by atoms with Crippen LogP contribution in [0.5, 0.6) is 0 Å². The van der Waals surface area contributed by atoms with Crippen molar-refractivity contribution in [1.29, 1.82) is 0 Å². The summed E-state index contributed by atoms with van der Waals surface area (Å²) in [5.74, 6) is -0.829. The van der Waals surface area contributed by atoms with Crippen LogP contribution in [0.2, 0.25) is 0 Å². The van der Waals surface area contributed by atoms with Crippen molar-refractivity contribution in [2.75, 3.05) is 12.9 Å². The minimum absolute atomic E-state index is 0.0516. The number of rotatable bonds is 5. The van der Waals surface area contributed by atoms with Gasteiger partial charge in [0.15, 0.2) is 0 Å². The number of benzene rings is 2. The van der Waals surface area contributed by atoms with Crippen LogP contribution in [-0.2, 0) is 20.8 Å². The summed E-state index contributed by atoms with van der Waals surface area (Å²) in [7, 11) is -3.53. The topological polar surface area (TPSA) is 98.9 Å². The Balaban J connectivity index is 1.73. The molecule has 2 amide bonds. The first-order valence-corrected chi connectivity index (χ1v) is 12.3. The SMILES string of the molecule is CS(=O)(=O)OCCCn1c2ccccc2c2c3c(n4c5ccccc5cc4c21)C(=O)NC3=O. The lowest BCUT2D eigenvalue weighted by Crippen LogP contribution is -2.20. The molecular formula is C24H19N3O5S. The molecule has 1 N–H and O–H groups in total. The molecule has 4 heterocycles. The van der Waals surface area contributed by atoms with Gasteiger partial charge in [0, 0.05) is 28.2 Å². The van der Waals surface area contributed by atoms with Crippen molar-refractivity contribution in [3.05, 3.63) is 65.9 Å². The zero-order chi connectivity index (χ0) is 22.9. The first-order valence-electron chi connectivity index (χ1n) is 10.5. The van der Waals surface area contributed by atoms with Gasteiger partial charge in [0.25, 0.3) is 21.9 Å². The van der Waals surface area contributed by atoms with Crippen LogP contribution in [0.25, 0.3) is 38.2 Å². The molecule has 0 unspecified atom stereocenters. The fraction of sp³-hybridized carbons (Fsp3) is 0.167. The Morgan fingerprint density at radius 3 is 2.45 bits per heavy atom. The second kappa shape index (κ2) is 6.90. The summed E-state index contributed by atoms with van der Waals surface area (Å²) in [5, 5.41) is 5.02. The third-order valence-corrected chi connectivity index (χ3v) is 6.72. The van der Waals surface area contributed by atoms with Gasteiger partial charge in [0.05, 0.1) is 35.0 Å². The van der Waals surface area contributed by atoms with E-state index in [0.29, 0.717) is 24.2 Å². The van der Waals surface area contributed by atoms with E-state index in [1.807, 2.05) is 59.0 Å². The number of para-hydroxylation sites is 2. The zero-order valence-corrected chi connectivity index (χ0v) is 18.5. The molecule has 166 valence electrons. The number of imide groups is 1. The Kier molecular flexibility index (Phi) is 4.17. The molecule has 3 aromatic heterocycles. The molecule has 1 aliphatic heterocycles. The monoisotopic (exact) mass is 461 g/mol. The Labute approximate surface area is 188 Å². The van der Waals surface area contributed by atoms with E-state index in [1.165, 1.54) is 0 Å². The number of aromatic nitrogens is 2. The molecule has 0 bridgehead atoms. The van der Waals surface area contributed by atoms with E-state index in [-0.39, 0.29) is 6.61 Å². The fourth-order valence-corrected chi connectivity index (χ4v) is 5.37. The largest absolute Gasteiger partial charge is 0.339 e. The average molecular weight is 461 g/mol. The average Bonchev–Trinajstić information content (AvgIpc) is 3.40. The van der Waals surface area contributed by atoms with Gasteiger partial charge in [-0.05, 0) is 24.6 Å². The van der Waals surface area contributed by atoms with Crippen LogP contribution < -0.4 is 5.32 Å². The Morgan fingerprint density at radius 2 is 1.67 bits per heavy atom. The maximum atomic E-state index is 13.0. The first-order chi connectivity index (χ1) is 15.8. The van der Waals surface area contributed by atoms with Gasteiger partial charge < -0.3 is 8.97 Å². The number of amides is 2. The highest BCUT2D eigenvalue weighted by Crippen LogP contribution is 2.40. The van der Waals surface area contributed by atoms with E-state index in [0.717, 1.165) is 44.5 Å². The normalized spacial score (nSPS) is 14.1. The summed E-state index contributed by atoms with van der Waals surface area (Å²) in [4.78, 5) is 25.9. The van der Waals surface area contributed by atoms with Gasteiger partial charge in [-0.15, -0.1) is 0 Å². The summed E-state index contributed by atoms with van der Waals surface area (Å²) in [6.07, 6.45) is 1.48. The molecule has 0 radical (unpaired) electrons. The number of nitrogens with one attached hydrogen (secondary N) is 1. The van der Waals surface area contributed by atoms with Crippen molar-refractivity contribution in [1.82, 2.24) is 14.3 Å². The molecule has 2 aromatic carbocycles. The maximum Gasteiger partial charge on any atom is 0.275 e. The van der Waals surface area contributed by atoms with Gasteiger partial charge in [0.2, 0.25) is 0 Å². The van der Waals surface area contributed by atoms with Crippen LogP contribution in [0, 0.1) is 0 Å². The van der Waals surface area contributed by atoms with Gasteiger partial charge in [-0.1, -0.05) is 36.4 Å². The van der Waals surface area contributed by atoms with E-state index in [2.05, 4.69) is 9.88 Å². The number of fused-ring (bicyclic) bond motifs is 10. The van der Waals surface area contributed by atoms with Crippen molar-refractivity contribution in [3.63, 3.8) is 0 Å². The minimum Gasteiger partial charge on any atom is -0.339 e. The van der Waals surface area contributed by atoms with Crippen molar-refractivity contribution >= 4 is 60.2 Å². The highest BCUT2D eigenvalue weighted by molar-refractivity contribution is 7.85. The van der Waals surface area contributed by atoms with Gasteiger partial charge >= 0.3 is 0 Å². The van der Waals surface area contributed by atoms with Crippen molar-refractivity contribution in [2.45, 2.75) is 13.0 Å². The van der Waals surface area contributed by atoms with Crippen LogP contribution in [0.4, 0.5) is 0 Å². The standard InChI is InChI=1S/C24H19N3O5S/c1-33(30,31)32-12-6-11-26-17-10-5-3-8-15(17)19-20-22(24(29)25-23(20)28)27-16-9-4-2-7-14(16)13-18(27)21(19)26/h2-5,7-10,13H,6,11-12H2,1H3,(H,25,28,29). The molecule has 9 heteroatoms. The summed E-state index contributed by atoms with van der Waals surface area (Å²) in [6, 6.07) is 17.5. The van der Waals surface area contributed by atoms with Gasteiger partial charge in [0.1, 0.15) is 5.69 Å². The molecule has 5 aromatic rings. The summed E-state index contributed by atoms with van der Waals surface area (Å²) >= 11 is 0. The molecule has 0 fully saturated rings. The summed E-state index contributed by atoms with van der Waals surface area (Å²) in [6.45, 7) is 0.529. The van der Waals surface area contributed by atoms with E-state index in [4.69, 9.17) is 4.18 Å². The number of hydrogen-bond donors (Lipinski definition) is 1. The number of pyridine rings is 1. The third-order valence-electron chi connectivity index (χ3n) is 6.13. The quantitative estimate of drug-likeness (QED) is 0.246. The molecule has 1 aliphatic rings. The molecule has 0 aliphatic carbocycles. The van der Waals surface area contributed by atoms with Gasteiger partial charge in [-0.25, -0.2) is 0 Å². The van der Waals surface area contributed by atoms with Crippen LogP contribution in [0.1, 0.15) is 27.3 Å². The molecule has 8 nitrogen and oxygen atoms in total. The zero-order valence-electron chi connectivity index (χ0n) is 17.7. The predicted molar refractivity (Wildman–Crippen MR) is 125 cm³/mol. The molecule has 0 saturated carbocycles. The third kappa shape index (κ3) is 2.89. The smallest absolute Gasteiger partial charge is 0.275 e. The van der Waals surface area contributed by atoms with Crippen LogP contribution in [-0.4, -0.2) is 42.1 Å². The van der Waals surface area contributed by atoms with E-state index in [9.17, 15) is 18.0 Å². The molecule has 33 heavy (non-hydrogen) atoms. The number of hydrogen-bond acceptors (Lipinski definition) is 5. The lowest BCUT2D eigenvalue weighted by atomic mass is 10.1. The molecule has 0 saturated heterocycles. The Bertz CT molecular complexity index is 1760. The predicted octanol–water partition coefficient (Wildman–Crippen LogP) is 3.45. The Hall–Kier alpha value is -3.69. The second-order valence-electron chi connectivity index (χ2n) is 8.20. The fourth-order valence-electron chi connectivity index (χ4n) is 4.95. The molecule has 0 atom stereocenters. The number of nitrogens with zero attached hydrogens (tertiary/aromatic N) is 2. The lowest BCUT2D eigenvalue weighted by molar-refractivity contribution is 0.0878.